The van der Waals surface area contributed by atoms with Gasteiger partial charge in [-0.15, -0.1) is 0 Å². The van der Waals surface area contributed by atoms with E-state index in [0.29, 0.717) is 24.5 Å². The van der Waals surface area contributed by atoms with Crippen molar-refractivity contribution in [2.75, 3.05) is 13.1 Å². The van der Waals surface area contributed by atoms with Crippen LogP contribution in [-0.2, 0) is 10.0 Å². The molecule has 1 fully saturated rings. The van der Waals surface area contributed by atoms with E-state index in [0.717, 1.165) is 11.6 Å². The second-order valence-electron chi connectivity index (χ2n) is 7.18. The molecule has 1 amide bonds. The minimum Gasteiger partial charge on any atom is -0.338 e. The fourth-order valence-electron chi connectivity index (χ4n) is 3.45. The minimum absolute atomic E-state index is 0.164. The number of rotatable bonds is 4. The normalized spacial score (nSPS) is 15.6. The number of carbonyl (C=O) groups excluding carboxylic acids is 1. The van der Waals surface area contributed by atoms with Crippen LogP contribution in [-0.4, -0.2) is 38.4 Å². The van der Waals surface area contributed by atoms with Crippen molar-refractivity contribution in [3.8, 4) is 0 Å². The number of amides is 1. The van der Waals surface area contributed by atoms with E-state index in [9.17, 15) is 26.4 Å². The number of likely N-dealkylation sites (tertiary alicyclic amines) is 1. The Morgan fingerprint density at radius 2 is 1.69 bits per heavy atom. The fourth-order valence-corrected chi connectivity index (χ4v) is 4.98. The minimum atomic E-state index is -3.72. The van der Waals surface area contributed by atoms with Gasteiger partial charge in [-0.1, -0.05) is 17.7 Å². The van der Waals surface area contributed by atoms with Crippen molar-refractivity contribution in [2.45, 2.75) is 37.6 Å². The number of piperidine rings is 1. The number of benzene rings is 2. The van der Waals surface area contributed by atoms with Crippen LogP contribution in [0.15, 0.2) is 35.2 Å². The molecule has 1 aliphatic heterocycles. The first-order valence-corrected chi connectivity index (χ1v) is 10.6. The van der Waals surface area contributed by atoms with Crippen LogP contribution in [0.2, 0.25) is 0 Å². The molecule has 1 aliphatic rings. The van der Waals surface area contributed by atoms with E-state index < -0.39 is 38.9 Å². The Labute approximate surface area is 167 Å². The molecule has 9 heteroatoms. The van der Waals surface area contributed by atoms with Crippen LogP contribution in [0, 0.1) is 31.3 Å². The maximum Gasteiger partial charge on any atom is 0.256 e. The van der Waals surface area contributed by atoms with Crippen LogP contribution in [0.3, 0.4) is 0 Å². The molecule has 0 bridgehead atoms. The zero-order valence-corrected chi connectivity index (χ0v) is 16.8. The highest BCUT2D eigenvalue weighted by molar-refractivity contribution is 7.89. The van der Waals surface area contributed by atoms with E-state index in [-0.39, 0.29) is 24.0 Å². The van der Waals surface area contributed by atoms with E-state index in [4.69, 9.17) is 0 Å². The van der Waals surface area contributed by atoms with Crippen LogP contribution in [0.1, 0.15) is 34.3 Å². The summed E-state index contributed by atoms with van der Waals surface area (Å²) in [7, 11) is -3.72. The zero-order valence-electron chi connectivity index (χ0n) is 16.0. The zero-order chi connectivity index (χ0) is 21.3. The highest BCUT2D eigenvalue weighted by Gasteiger charge is 2.29. The maximum absolute atomic E-state index is 13.9. The van der Waals surface area contributed by atoms with Gasteiger partial charge < -0.3 is 4.90 Å². The Balaban J connectivity index is 1.66. The van der Waals surface area contributed by atoms with Crippen molar-refractivity contribution in [3.63, 3.8) is 0 Å². The molecule has 0 spiro atoms. The van der Waals surface area contributed by atoms with Gasteiger partial charge in [-0.25, -0.2) is 26.3 Å². The second-order valence-corrected chi connectivity index (χ2v) is 8.86. The first-order chi connectivity index (χ1) is 13.6. The van der Waals surface area contributed by atoms with Crippen molar-refractivity contribution >= 4 is 15.9 Å². The van der Waals surface area contributed by atoms with Crippen molar-refractivity contribution in [1.82, 2.24) is 9.62 Å². The summed E-state index contributed by atoms with van der Waals surface area (Å²) < 4.78 is 68.3. The topological polar surface area (TPSA) is 66.5 Å². The second kappa shape index (κ2) is 8.16. The predicted molar refractivity (Wildman–Crippen MR) is 101 cm³/mol. The van der Waals surface area contributed by atoms with Gasteiger partial charge in [-0.2, -0.15) is 0 Å². The number of nitrogens with one attached hydrogen (secondary N) is 1. The van der Waals surface area contributed by atoms with E-state index in [2.05, 4.69) is 4.72 Å². The van der Waals surface area contributed by atoms with Crippen molar-refractivity contribution in [1.29, 1.82) is 0 Å². The van der Waals surface area contributed by atoms with Crippen LogP contribution in [0.4, 0.5) is 13.2 Å². The quantitative estimate of drug-likeness (QED) is 0.763. The number of nitrogens with zero attached hydrogens (tertiary/aromatic N) is 1. The summed E-state index contributed by atoms with van der Waals surface area (Å²) in [5, 5.41) is 0. The smallest absolute Gasteiger partial charge is 0.256 e. The highest BCUT2D eigenvalue weighted by atomic mass is 32.2. The predicted octanol–water partition coefficient (Wildman–Crippen LogP) is 3.30. The highest BCUT2D eigenvalue weighted by Crippen LogP contribution is 2.22. The van der Waals surface area contributed by atoms with E-state index >= 15 is 0 Å². The molecule has 29 heavy (non-hydrogen) atoms. The fraction of sp³-hybridized carbons (Fsp3) is 0.350. The molecular formula is C20H21F3N2O3S. The Kier molecular flexibility index (Phi) is 6.00. The molecule has 1 heterocycles. The molecule has 1 saturated heterocycles. The Hall–Kier alpha value is -2.39. The molecular weight excluding hydrogens is 405 g/mol. The van der Waals surface area contributed by atoms with E-state index in [1.54, 1.807) is 25.1 Å². The molecule has 0 unspecified atom stereocenters. The van der Waals surface area contributed by atoms with Crippen LogP contribution >= 0.6 is 0 Å². The first kappa shape index (κ1) is 21.3. The molecule has 0 aliphatic carbocycles. The molecule has 0 saturated carbocycles. The van der Waals surface area contributed by atoms with Gasteiger partial charge in [0.15, 0.2) is 17.5 Å². The molecule has 0 aromatic heterocycles. The SMILES string of the molecule is Cc1ccc(S(=O)(=O)NC2CCN(C(=O)c3ccc(F)c(F)c3F)CC2)c(C)c1. The molecule has 156 valence electrons. The number of carbonyl (C=O) groups is 1. The first-order valence-electron chi connectivity index (χ1n) is 9.12. The molecule has 5 nitrogen and oxygen atoms in total. The summed E-state index contributed by atoms with van der Waals surface area (Å²) in [6.07, 6.45) is 0.641. The Morgan fingerprint density at radius 3 is 2.31 bits per heavy atom. The number of aryl methyl sites for hydroxylation is 2. The molecule has 0 radical (unpaired) electrons. The van der Waals surface area contributed by atoms with Gasteiger partial charge in [0.25, 0.3) is 5.91 Å². The van der Waals surface area contributed by atoms with Gasteiger partial charge in [0, 0.05) is 19.1 Å². The Morgan fingerprint density at radius 1 is 1.03 bits per heavy atom. The lowest BCUT2D eigenvalue weighted by molar-refractivity contribution is 0.0705. The number of sulfonamides is 1. The number of halogens is 3. The third-order valence-corrected chi connectivity index (χ3v) is 6.67. The standard InChI is InChI=1S/C20H21F3N2O3S/c1-12-3-6-17(13(2)11-12)29(27,28)24-14-7-9-25(10-8-14)20(26)15-4-5-16(21)19(23)18(15)22/h3-6,11,14,24H,7-10H2,1-2H3. The molecule has 2 aromatic carbocycles. The van der Waals surface area contributed by atoms with Gasteiger partial charge >= 0.3 is 0 Å². The third kappa shape index (κ3) is 4.45. The lowest BCUT2D eigenvalue weighted by atomic mass is 10.0. The van der Waals surface area contributed by atoms with Crippen molar-refractivity contribution in [3.05, 3.63) is 64.5 Å². The summed E-state index contributed by atoms with van der Waals surface area (Å²) in [5.74, 6) is -5.32. The lowest BCUT2D eigenvalue weighted by Crippen LogP contribution is -2.46. The summed E-state index contributed by atoms with van der Waals surface area (Å²) in [6.45, 7) is 3.92. The molecule has 1 N–H and O–H groups in total. The van der Waals surface area contributed by atoms with E-state index in [1.165, 1.54) is 4.90 Å². The van der Waals surface area contributed by atoms with Crippen LogP contribution in [0.25, 0.3) is 0 Å². The number of hydrogen-bond donors (Lipinski definition) is 1. The van der Waals surface area contributed by atoms with Gasteiger partial charge in [-0.3, -0.25) is 4.79 Å². The molecule has 3 rings (SSSR count). The van der Waals surface area contributed by atoms with E-state index in [1.807, 2.05) is 6.92 Å². The van der Waals surface area contributed by atoms with Gasteiger partial charge in [0.1, 0.15) is 0 Å². The summed E-state index contributed by atoms with van der Waals surface area (Å²) in [6, 6.07) is 6.28. The third-order valence-electron chi connectivity index (χ3n) is 4.99. The maximum atomic E-state index is 13.9. The number of hydrogen-bond acceptors (Lipinski definition) is 3. The largest absolute Gasteiger partial charge is 0.338 e. The van der Waals surface area contributed by atoms with Crippen LogP contribution < -0.4 is 4.72 Å². The monoisotopic (exact) mass is 426 g/mol. The average Bonchev–Trinajstić information content (AvgIpc) is 2.66. The van der Waals surface area contributed by atoms with Gasteiger partial charge in [0.2, 0.25) is 10.0 Å². The van der Waals surface area contributed by atoms with Crippen molar-refractivity contribution in [2.24, 2.45) is 0 Å². The summed E-state index contributed by atoms with van der Waals surface area (Å²) in [5.41, 5.74) is 1.05. The summed E-state index contributed by atoms with van der Waals surface area (Å²) >= 11 is 0. The van der Waals surface area contributed by atoms with Gasteiger partial charge in [-0.05, 0) is 50.5 Å². The average molecular weight is 426 g/mol. The Bertz CT molecular complexity index is 1050. The van der Waals surface area contributed by atoms with Gasteiger partial charge in [0.05, 0.1) is 10.5 Å². The summed E-state index contributed by atoms with van der Waals surface area (Å²) in [4.78, 5) is 13.9. The van der Waals surface area contributed by atoms with Crippen LogP contribution in [0.5, 0.6) is 0 Å². The van der Waals surface area contributed by atoms with Crippen molar-refractivity contribution < 1.29 is 26.4 Å². The molecule has 0 atom stereocenters. The molecule has 2 aromatic rings. The lowest BCUT2D eigenvalue weighted by Gasteiger charge is -2.32.